The second-order valence-electron chi connectivity index (χ2n) is 5.52. The van der Waals surface area contributed by atoms with Crippen LogP contribution in [0.15, 0.2) is 42.5 Å². The molecule has 0 radical (unpaired) electrons. The lowest BCUT2D eigenvalue weighted by Gasteiger charge is -2.15. The largest absolute Gasteiger partial charge is 0.493 e. The summed E-state index contributed by atoms with van der Waals surface area (Å²) in [5.41, 5.74) is 3.60. The Balaban J connectivity index is 1.55. The monoisotopic (exact) mass is 285 g/mol. The Morgan fingerprint density at radius 2 is 2.14 bits per heavy atom. The van der Waals surface area contributed by atoms with E-state index in [-0.39, 0.29) is 11.9 Å². The predicted octanol–water partition coefficient (Wildman–Crippen LogP) is 3.65. The van der Waals surface area contributed by atoms with E-state index in [1.54, 1.807) is 12.1 Å². The molecule has 3 heteroatoms. The predicted molar refractivity (Wildman–Crippen MR) is 82.2 cm³/mol. The van der Waals surface area contributed by atoms with Crippen LogP contribution in [0, 0.1) is 5.82 Å². The number of fused-ring (bicyclic) bond motifs is 1. The summed E-state index contributed by atoms with van der Waals surface area (Å²) in [5.74, 6) is 0.852. The maximum Gasteiger partial charge on any atom is 0.123 e. The molecule has 2 aromatic rings. The van der Waals surface area contributed by atoms with Crippen molar-refractivity contribution in [3.05, 3.63) is 65.0 Å². The van der Waals surface area contributed by atoms with Crippen molar-refractivity contribution in [3.8, 4) is 5.75 Å². The molecule has 1 heterocycles. The second kappa shape index (κ2) is 6.27. The summed E-state index contributed by atoms with van der Waals surface area (Å²) in [6.07, 6.45) is 1.83. The lowest BCUT2D eigenvalue weighted by molar-refractivity contribution is 0.356. The Hall–Kier alpha value is -1.87. The van der Waals surface area contributed by atoms with Gasteiger partial charge in [0.2, 0.25) is 0 Å². The molecule has 0 fully saturated rings. The molecule has 0 bridgehead atoms. The first-order chi connectivity index (χ1) is 10.2. The summed E-state index contributed by atoms with van der Waals surface area (Å²) < 4.78 is 18.6. The van der Waals surface area contributed by atoms with Gasteiger partial charge in [-0.2, -0.15) is 0 Å². The quantitative estimate of drug-likeness (QED) is 0.905. The number of hydrogen-bond donors (Lipinski definition) is 1. The second-order valence-corrected chi connectivity index (χ2v) is 5.52. The average molecular weight is 285 g/mol. The van der Waals surface area contributed by atoms with E-state index in [0.29, 0.717) is 0 Å². The average Bonchev–Trinajstić information content (AvgIpc) is 2.94. The van der Waals surface area contributed by atoms with Gasteiger partial charge >= 0.3 is 0 Å². The normalized spacial score (nSPS) is 14.6. The van der Waals surface area contributed by atoms with E-state index >= 15 is 0 Å². The number of nitrogens with one attached hydrogen (secondary N) is 1. The first kappa shape index (κ1) is 14.1. The van der Waals surface area contributed by atoms with Crippen molar-refractivity contribution in [1.29, 1.82) is 0 Å². The van der Waals surface area contributed by atoms with E-state index < -0.39 is 0 Å². The van der Waals surface area contributed by atoms with Gasteiger partial charge in [-0.15, -0.1) is 0 Å². The molecule has 0 saturated carbocycles. The number of ether oxygens (including phenoxy) is 1. The molecule has 1 N–H and O–H groups in total. The minimum absolute atomic E-state index is 0.167. The fourth-order valence-corrected chi connectivity index (χ4v) is 2.72. The minimum atomic E-state index is -0.167. The highest BCUT2D eigenvalue weighted by Gasteiger charge is 2.14. The van der Waals surface area contributed by atoms with Crippen LogP contribution in [0.5, 0.6) is 5.75 Å². The minimum Gasteiger partial charge on any atom is -0.493 e. The van der Waals surface area contributed by atoms with Crippen LogP contribution >= 0.6 is 0 Å². The van der Waals surface area contributed by atoms with Crippen LogP contribution in [0.4, 0.5) is 4.39 Å². The van der Waals surface area contributed by atoms with Crippen molar-refractivity contribution in [2.24, 2.45) is 0 Å². The molecule has 0 amide bonds. The van der Waals surface area contributed by atoms with Gasteiger partial charge in [-0.1, -0.05) is 24.3 Å². The molecule has 0 saturated heterocycles. The third-order valence-corrected chi connectivity index (χ3v) is 3.97. The fraction of sp³-hybridized carbons (Fsp3) is 0.333. The summed E-state index contributed by atoms with van der Waals surface area (Å²) >= 11 is 0. The molecule has 2 aromatic carbocycles. The van der Waals surface area contributed by atoms with Crippen LogP contribution in [0.2, 0.25) is 0 Å². The van der Waals surface area contributed by atoms with Crippen molar-refractivity contribution < 1.29 is 9.13 Å². The van der Waals surface area contributed by atoms with Crippen LogP contribution in [0.3, 0.4) is 0 Å². The molecule has 0 spiro atoms. The number of halogens is 1. The molecule has 1 unspecified atom stereocenters. The van der Waals surface area contributed by atoms with Crippen LogP contribution in [0.1, 0.15) is 29.7 Å². The van der Waals surface area contributed by atoms with Gasteiger partial charge in [-0.3, -0.25) is 0 Å². The van der Waals surface area contributed by atoms with Crippen LogP contribution in [0.25, 0.3) is 0 Å². The van der Waals surface area contributed by atoms with Crippen LogP contribution in [-0.2, 0) is 12.8 Å². The third kappa shape index (κ3) is 3.42. The molecule has 1 aliphatic rings. The molecule has 2 nitrogen and oxygen atoms in total. The summed E-state index contributed by atoms with van der Waals surface area (Å²) in [6.45, 7) is 3.78. The number of benzene rings is 2. The van der Waals surface area contributed by atoms with E-state index in [1.165, 1.54) is 17.2 Å². The lowest BCUT2D eigenvalue weighted by atomic mass is 10.0. The Morgan fingerprint density at radius 3 is 3.00 bits per heavy atom. The van der Waals surface area contributed by atoms with E-state index in [0.717, 1.165) is 37.3 Å². The standard InChI is InChI=1S/C18H20FNO/c1-13(15-5-6-18-16(12-15)8-10-21-18)20-9-7-14-3-2-4-17(19)11-14/h2-6,11-13,20H,7-10H2,1H3. The molecule has 3 rings (SSSR count). The van der Waals surface area contributed by atoms with Gasteiger partial charge < -0.3 is 10.1 Å². The molecule has 21 heavy (non-hydrogen) atoms. The first-order valence-electron chi connectivity index (χ1n) is 7.46. The molecule has 1 aliphatic heterocycles. The Bertz CT molecular complexity index is 626. The van der Waals surface area contributed by atoms with Crippen LogP contribution in [-0.4, -0.2) is 13.2 Å². The molecule has 0 aromatic heterocycles. The Labute approximate surface area is 125 Å². The lowest BCUT2D eigenvalue weighted by Crippen LogP contribution is -2.21. The van der Waals surface area contributed by atoms with Crippen molar-refractivity contribution in [1.82, 2.24) is 5.32 Å². The van der Waals surface area contributed by atoms with Gasteiger partial charge in [-0.25, -0.2) is 4.39 Å². The summed E-state index contributed by atoms with van der Waals surface area (Å²) in [7, 11) is 0. The zero-order chi connectivity index (χ0) is 14.7. The van der Waals surface area contributed by atoms with Gasteiger partial charge in [0.05, 0.1) is 6.61 Å². The van der Waals surface area contributed by atoms with Gasteiger partial charge in [0.1, 0.15) is 11.6 Å². The summed E-state index contributed by atoms with van der Waals surface area (Å²) in [6, 6.07) is 13.5. The van der Waals surface area contributed by atoms with Gasteiger partial charge in [0.25, 0.3) is 0 Å². The van der Waals surface area contributed by atoms with Crippen molar-refractivity contribution in [2.45, 2.75) is 25.8 Å². The zero-order valence-corrected chi connectivity index (χ0v) is 12.2. The smallest absolute Gasteiger partial charge is 0.123 e. The van der Waals surface area contributed by atoms with Crippen LogP contribution < -0.4 is 10.1 Å². The third-order valence-electron chi connectivity index (χ3n) is 3.97. The molecule has 110 valence electrons. The number of hydrogen-bond acceptors (Lipinski definition) is 2. The SMILES string of the molecule is CC(NCCc1cccc(F)c1)c1ccc2c(c1)CCO2. The molecular weight excluding hydrogens is 265 g/mol. The van der Waals surface area contributed by atoms with E-state index in [1.807, 2.05) is 6.07 Å². The van der Waals surface area contributed by atoms with E-state index in [4.69, 9.17) is 4.74 Å². The van der Waals surface area contributed by atoms with E-state index in [2.05, 4.69) is 30.4 Å². The summed E-state index contributed by atoms with van der Waals surface area (Å²) in [4.78, 5) is 0. The highest BCUT2D eigenvalue weighted by molar-refractivity contribution is 5.40. The topological polar surface area (TPSA) is 21.3 Å². The van der Waals surface area contributed by atoms with Crippen molar-refractivity contribution in [3.63, 3.8) is 0 Å². The summed E-state index contributed by atoms with van der Waals surface area (Å²) in [5, 5.41) is 3.49. The van der Waals surface area contributed by atoms with E-state index in [9.17, 15) is 4.39 Å². The van der Waals surface area contributed by atoms with Crippen molar-refractivity contribution >= 4 is 0 Å². The highest BCUT2D eigenvalue weighted by atomic mass is 19.1. The van der Waals surface area contributed by atoms with Gasteiger partial charge in [0, 0.05) is 12.5 Å². The Morgan fingerprint density at radius 1 is 1.24 bits per heavy atom. The Kier molecular flexibility index (Phi) is 4.20. The maximum atomic E-state index is 13.1. The van der Waals surface area contributed by atoms with Crippen molar-refractivity contribution in [2.75, 3.05) is 13.2 Å². The highest BCUT2D eigenvalue weighted by Crippen LogP contribution is 2.28. The van der Waals surface area contributed by atoms with Gasteiger partial charge in [-0.05, 0) is 54.8 Å². The first-order valence-corrected chi connectivity index (χ1v) is 7.46. The fourth-order valence-electron chi connectivity index (χ4n) is 2.72. The molecular formula is C18H20FNO. The molecule has 0 aliphatic carbocycles. The molecule has 1 atom stereocenters. The zero-order valence-electron chi connectivity index (χ0n) is 12.2. The maximum absolute atomic E-state index is 13.1. The number of rotatable bonds is 5. The van der Waals surface area contributed by atoms with Gasteiger partial charge in [0.15, 0.2) is 0 Å².